The molecular weight excluding hydrogens is 390 g/mol. The number of hydrogen-bond donors (Lipinski definition) is 0. The van der Waals surface area contributed by atoms with Gasteiger partial charge >= 0.3 is 0 Å². The number of amides is 2. The first-order valence-corrected chi connectivity index (χ1v) is 10.3. The summed E-state index contributed by atoms with van der Waals surface area (Å²) in [5, 5.41) is 10.7. The fourth-order valence-corrected chi connectivity index (χ4v) is 4.26. The highest BCUT2D eigenvalue weighted by Crippen LogP contribution is 2.34. The third-order valence-corrected chi connectivity index (χ3v) is 5.84. The number of rotatable bonds is 7. The minimum absolute atomic E-state index is 0.0354. The van der Waals surface area contributed by atoms with Crippen molar-refractivity contribution in [2.75, 3.05) is 6.54 Å². The monoisotopic (exact) mass is 413 g/mol. The van der Waals surface area contributed by atoms with Crippen molar-refractivity contribution in [3.63, 3.8) is 0 Å². The third-order valence-electron chi connectivity index (χ3n) is 4.93. The average Bonchev–Trinajstić information content (AvgIpc) is 3.11. The maximum absolute atomic E-state index is 12.6. The van der Waals surface area contributed by atoms with Crippen LogP contribution >= 0.6 is 11.8 Å². The number of nitrogens with zero attached hydrogens (tertiary/aromatic N) is 3. The van der Waals surface area contributed by atoms with Crippen molar-refractivity contribution in [1.29, 1.82) is 0 Å². The molecule has 0 spiro atoms. The molecule has 0 aliphatic carbocycles. The van der Waals surface area contributed by atoms with Gasteiger partial charge < -0.3 is 4.57 Å². The van der Waals surface area contributed by atoms with Gasteiger partial charge in [0.05, 0.1) is 9.83 Å². The lowest BCUT2D eigenvalue weighted by atomic mass is 10.2. The van der Waals surface area contributed by atoms with E-state index in [4.69, 9.17) is 0 Å². The van der Waals surface area contributed by atoms with E-state index in [2.05, 4.69) is 6.92 Å². The third kappa shape index (κ3) is 4.27. The smallest absolute Gasteiger partial charge is 0.293 e. The van der Waals surface area contributed by atoms with Crippen LogP contribution in [0.2, 0.25) is 0 Å². The van der Waals surface area contributed by atoms with Crippen molar-refractivity contribution in [2.24, 2.45) is 0 Å². The number of thioether (sulfide) groups is 1. The molecule has 0 N–H and O–H groups in total. The number of non-ortho nitro benzene ring substituents is 1. The van der Waals surface area contributed by atoms with Gasteiger partial charge in [0.15, 0.2) is 0 Å². The fraction of sp³-hybridized carbons (Fsp3) is 0.333. The SMILES string of the molecule is CCCCCN1C(=O)S/C(=C\c2cc(C)n(-c3ccc([N+](=O)[O-])cc3)c2C)C1=O. The summed E-state index contributed by atoms with van der Waals surface area (Å²) < 4.78 is 1.97. The van der Waals surface area contributed by atoms with Gasteiger partial charge in [-0.15, -0.1) is 0 Å². The van der Waals surface area contributed by atoms with Crippen LogP contribution in [0, 0.1) is 24.0 Å². The molecule has 0 bridgehead atoms. The molecular formula is C21H23N3O4S. The molecule has 8 heteroatoms. The molecule has 152 valence electrons. The number of hydrogen-bond acceptors (Lipinski definition) is 5. The Balaban J connectivity index is 1.87. The number of carbonyl (C=O) groups excluding carboxylic acids is 2. The van der Waals surface area contributed by atoms with Crippen LogP contribution in [0.15, 0.2) is 35.2 Å². The molecule has 1 saturated heterocycles. The van der Waals surface area contributed by atoms with Crippen LogP contribution in [0.4, 0.5) is 10.5 Å². The molecule has 3 rings (SSSR count). The largest absolute Gasteiger partial charge is 0.318 e. The van der Waals surface area contributed by atoms with Gasteiger partial charge in [0, 0.05) is 35.8 Å². The Morgan fingerprint density at radius 3 is 2.45 bits per heavy atom. The van der Waals surface area contributed by atoms with E-state index in [0.29, 0.717) is 11.4 Å². The highest BCUT2D eigenvalue weighted by molar-refractivity contribution is 8.18. The second-order valence-electron chi connectivity index (χ2n) is 6.98. The molecule has 0 atom stereocenters. The van der Waals surface area contributed by atoms with E-state index in [-0.39, 0.29) is 16.8 Å². The molecule has 29 heavy (non-hydrogen) atoms. The molecule has 1 aromatic carbocycles. The molecule has 1 aliphatic heterocycles. The Morgan fingerprint density at radius 2 is 1.83 bits per heavy atom. The van der Waals surface area contributed by atoms with Gasteiger partial charge in [-0.3, -0.25) is 24.6 Å². The minimum Gasteiger partial charge on any atom is -0.318 e. The van der Waals surface area contributed by atoms with E-state index in [1.165, 1.54) is 17.0 Å². The van der Waals surface area contributed by atoms with Gasteiger partial charge in [0.2, 0.25) is 0 Å². The fourth-order valence-electron chi connectivity index (χ4n) is 3.41. The Kier molecular flexibility index (Phi) is 6.22. The van der Waals surface area contributed by atoms with E-state index in [1.807, 2.05) is 24.5 Å². The molecule has 0 unspecified atom stereocenters. The standard InChI is InChI=1S/C21H23N3O4S/c1-4-5-6-11-22-20(25)19(29-21(22)26)13-16-12-14(2)23(15(16)3)17-7-9-18(10-8-17)24(27)28/h7-10,12-13H,4-6,11H2,1-3H3/b19-13-. The van der Waals surface area contributed by atoms with Crippen LogP contribution in [0.5, 0.6) is 0 Å². The van der Waals surface area contributed by atoms with E-state index in [1.54, 1.807) is 18.2 Å². The zero-order chi connectivity index (χ0) is 21.1. The van der Waals surface area contributed by atoms with Crippen LogP contribution < -0.4 is 0 Å². The number of imide groups is 1. The number of benzene rings is 1. The van der Waals surface area contributed by atoms with Crippen molar-refractivity contribution in [3.8, 4) is 5.69 Å². The maximum Gasteiger partial charge on any atom is 0.293 e. The second kappa shape index (κ2) is 8.65. The number of nitro groups is 1. The molecule has 0 saturated carbocycles. The van der Waals surface area contributed by atoms with E-state index >= 15 is 0 Å². The van der Waals surface area contributed by atoms with Gasteiger partial charge in [-0.05, 0) is 61.9 Å². The maximum atomic E-state index is 12.6. The molecule has 2 aromatic rings. The quantitative estimate of drug-likeness (QED) is 0.269. The summed E-state index contributed by atoms with van der Waals surface area (Å²) in [4.78, 5) is 37.0. The molecule has 1 fully saturated rings. The van der Waals surface area contributed by atoms with Crippen molar-refractivity contribution in [1.82, 2.24) is 9.47 Å². The Bertz CT molecular complexity index is 992. The molecule has 1 aliphatic rings. The highest BCUT2D eigenvalue weighted by Gasteiger charge is 2.34. The van der Waals surface area contributed by atoms with E-state index in [0.717, 1.165) is 53.7 Å². The van der Waals surface area contributed by atoms with E-state index in [9.17, 15) is 19.7 Å². The summed E-state index contributed by atoms with van der Waals surface area (Å²) in [6.45, 7) is 6.39. The lowest BCUT2D eigenvalue weighted by Gasteiger charge is -2.11. The summed E-state index contributed by atoms with van der Waals surface area (Å²) in [6, 6.07) is 8.28. The van der Waals surface area contributed by atoms with Gasteiger partial charge in [-0.2, -0.15) is 0 Å². The summed E-state index contributed by atoms with van der Waals surface area (Å²) in [5.41, 5.74) is 3.52. The number of unbranched alkanes of at least 4 members (excludes halogenated alkanes) is 2. The van der Waals surface area contributed by atoms with Crippen molar-refractivity contribution in [2.45, 2.75) is 40.0 Å². The van der Waals surface area contributed by atoms with Crippen molar-refractivity contribution >= 4 is 34.7 Å². The first-order valence-electron chi connectivity index (χ1n) is 9.52. The predicted octanol–water partition coefficient (Wildman–Crippen LogP) is 5.23. The summed E-state index contributed by atoms with van der Waals surface area (Å²) >= 11 is 0.974. The Labute approximate surface area is 173 Å². The number of carbonyl (C=O) groups is 2. The average molecular weight is 413 g/mol. The number of nitro benzene ring substituents is 1. The van der Waals surface area contributed by atoms with Crippen LogP contribution in [0.25, 0.3) is 11.8 Å². The molecule has 7 nitrogen and oxygen atoms in total. The van der Waals surface area contributed by atoms with Gasteiger partial charge in [-0.25, -0.2) is 0 Å². The minimum atomic E-state index is -0.429. The first-order chi connectivity index (χ1) is 13.8. The Morgan fingerprint density at radius 1 is 1.14 bits per heavy atom. The topological polar surface area (TPSA) is 85.4 Å². The van der Waals surface area contributed by atoms with Crippen LogP contribution in [0.1, 0.15) is 43.1 Å². The number of aromatic nitrogens is 1. The van der Waals surface area contributed by atoms with E-state index < -0.39 is 4.92 Å². The lowest BCUT2D eigenvalue weighted by Crippen LogP contribution is -2.29. The summed E-state index contributed by atoms with van der Waals surface area (Å²) in [5.74, 6) is -0.240. The van der Waals surface area contributed by atoms with Crippen molar-refractivity contribution in [3.05, 3.63) is 62.3 Å². The molecule has 2 amide bonds. The summed E-state index contributed by atoms with van der Waals surface area (Å²) in [7, 11) is 0. The zero-order valence-electron chi connectivity index (χ0n) is 16.7. The molecule has 2 heterocycles. The Hall–Kier alpha value is -2.87. The van der Waals surface area contributed by atoms with Crippen LogP contribution in [-0.4, -0.2) is 32.1 Å². The van der Waals surface area contributed by atoms with Crippen molar-refractivity contribution < 1.29 is 14.5 Å². The highest BCUT2D eigenvalue weighted by atomic mass is 32.2. The van der Waals surface area contributed by atoms with Gasteiger partial charge in [0.1, 0.15) is 0 Å². The molecule has 1 aromatic heterocycles. The zero-order valence-corrected chi connectivity index (χ0v) is 17.5. The van der Waals surface area contributed by atoms with Gasteiger partial charge in [-0.1, -0.05) is 19.8 Å². The summed E-state index contributed by atoms with van der Waals surface area (Å²) in [6.07, 6.45) is 4.59. The van der Waals surface area contributed by atoms with Crippen LogP contribution in [0.3, 0.4) is 0 Å². The first kappa shape index (κ1) is 20.9. The molecule has 0 radical (unpaired) electrons. The van der Waals surface area contributed by atoms with Gasteiger partial charge in [0.25, 0.3) is 16.8 Å². The predicted molar refractivity (Wildman–Crippen MR) is 114 cm³/mol. The normalized spacial score (nSPS) is 15.6. The van der Waals surface area contributed by atoms with Crippen LogP contribution in [-0.2, 0) is 4.79 Å². The second-order valence-corrected chi connectivity index (χ2v) is 7.97. The number of aryl methyl sites for hydroxylation is 1. The lowest BCUT2D eigenvalue weighted by molar-refractivity contribution is -0.384.